The van der Waals surface area contributed by atoms with Gasteiger partial charge in [-0.1, -0.05) is 31.2 Å². The van der Waals surface area contributed by atoms with Gasteiger partial charge >= 0.3 is 6.03 Å². The molecular formula is C20H22N2O3S. The first-order chi connectivity index (χ1) is 12.4. The summed E-state index contributed by atoms with van der Waals surface area (Å²) in [5.74, 6) is 0.0299. The molecule has 0 saturated carbocycles. The Hall–Kier alpha value is -2.34. The topological polar surface area (TPSA) is 57.7 Å². The van der Waals surface area contributed by atoms with Gasteiger partial charge in [-0.25, -0.2) is 13.2 Å². The summed E-state index contributed by atoms with van der Waals surface area (Å²) >= 11 is 0. The number of amides is 2. The number of urea groups is 1. The van der Waals surface area contributed by atoms with E-state index in [1.165, 1.54) is 5.56 Å². The summed E-state index contributed by atoms with van der Waals surface area (Å²) in [7, 11) is -3.17. The van der Waals surface area contributed by atoms with E-state index in [-0.39, 0.29) is 29.6 Å². The highest BCUT2D eigenvalue weighted by atomic mass is 32.2. The highest BCUT2D eigenvalue weighted by Crippen LogP contribution is 2.38. The molecule has 6 heteroatoms. The molecule has 0 spiro atoms. The molecule has 0 aliphatic carbocycles. The summed E-state index contributed by atoms with van der Waals surface area (Å²) in [6.45, 7) is 4.04. The van der Waals surface area contributed by atoms with Crippen LogP contribution in [0, 0.1) is 6.92 Å². The van der Waals surface area contributed by atoms with Crippen molar-refractivity contribution in [2.24, 2.45) is 0 Å². The lowest BCUT2D eigenvalue weighted by atomic mass is 10.1. The first-order valence-corrected chi connectivity index (χ1v) is 10.7. The quantitative estimate of drug-likeness (QED) is 0.780. The van der Waals surface area contributed by atoms with E-state index in [1.807, 2.05) is 55.5 Å². The van der Waals surface area contributed by atoms with E-state index in [1.54, 1.807) is 9.80 Å². The van der Waals surface area contributed by atoms with Crippen molar-refractivity contribution in [3.63, 3.8) is 0 Å². The summed E-state index contributed by atoms with van der Waals surface area (Å²) in [5, 5.41) is 0. The number of aryl methyl sites for hydroxylation is 2. The molecule has 5 nitrogen and oxygen atoms in total. The molecule has 2 aliphatic rings. The average molecular weight is 370 g/mol. The van der Waals surface area contributed by atoms with E-state index >= 15 is 0 Å². The van der Waals surface area contributed by atoms with Crippen LogP contribution in [0.1, 0.15) is 18.1 Å². The average Bonchev–Trinajstić information content (AvgIpc) is 3.03. The number of anilines is 2. The Bertz CT molecular complexity index is 953. The third-order valence-electron chi connectivity index (χ3n) is 5.27. The Morgan fingerprint density at radius 2 is 1.58 bits per heavy atom. The van der Waals surface area contributed by atoms with Gasteiger partial charge in [0, 0.05) is 11.4 Å². The van der Waals surface area contributed by atoms with Crippen LogP contribution in [-0.4, -0.2) is 38.0 Å². The van der Waals surface area contributed by atoms with Gasteiger partial charge in [-0.05, 0) is 48.7 Å². The van der Waals surface area contributed by atoms with Crippen molar-refractivity contribution in [2.45, 2.75) is 32.4 Å². The standard InChI is InChI=1S/C20H22N2O3S/c1-3-15-7-9-16(10-8-15)21-18-12-26(24,25)13-19(18)22(20(21)23)17-6-4-5-14(2)11-17/h4-11,18-19H,3,12-13H2,1-2H3/t18-,19-/m1/s1. The van der Waals surface area contributed by atoms with E-state index in [4.69, 9.17) is 0 Å². The molecule has 2 saturated heterocycles. The smallest absolute Gasteiger partial charge is 0.288 e. The lowest BCUT2D eigenvalue weighted by Gasteiger charge is -2.23. The zero-order valence-corrected chi connectivity index (χ0v) is 15.7. The summed E-state index contributed by atoms with van der Waals surface area (Å²) < 4.78 is 24.6. The Balaban J connectivity index is 1.78. The monoisotopic (exact) mass is 370 g/mol. The normalized spacial score (nSPS) is 24.2. The molecule has 2 aromatic carbocycles. The van der Waals surface area contributed by atoms with Crippen LogP contribution in [0.4, 0.5) is 16.2 Å². The number of sulfone groups is 1. The van der Waals surface area contributed by atoms with Crippen molar-refractivity contribution >= 4 is 27.2 Å². The van der Waals surface area contributed by atoms with E-state index in [2.05, 4.69) is 6.92 Å². The van der Waals surface area contributed by atoms with Crippen molar-refractivity contribution in [1.29, 1.82) is 0 Å². The van der Waals surface area contributed by atoms with Gasteiger partial charge in [-0.2, -0.15) is 0 Å². The molecule has 0 unspecified atom stereocenters. The molecule has 2 aliphatic heterocycles. The number of benzene rings is 2. The Morgan fingerprint density at radius 1 is 0.962 bits per heavy atom. The molecule has 2 heterocycles. The number of hydrogen-bond donors (Lipinski definition) is 0. The molecule has 136 valence electrons. The number of rotatable bonds is 3. The second kappa shape index (κ2) is 6.13. The minimum absolute atomic E-state index is 0.0148. The number of nitrogens with zero attached hydrogens (tertiary/aromatic N) is 2. The summed E-state index contributed by atoms with van der Waals surface area (Å²) in [6.07, 6.45) is 0.921. The fraction of sp³-hybridized carbons (Fsp3) is 0.350. The fourth-order valence-corrected chi connectivity index (χ4v) is 5.90. The van der Waals surface area contributed by atoms with Crippen LogP contribution in [0.15, 0.2) is 48.5 Å². The molecule has 2 atom stereocenters. The van der Waals surface area contributed by atoms with E-state index in [9.17, 15) is 13.2 Å². The lowest BCUT2D eigenvalue weighted by molar-refractivity contribution is 0.255. The van der Waals surface area contributed by atoms with Gasteiger partial charge in [0.1, 0.15) is 0 Å². The third-order valence-corrected chi connectivity index (χ3v) is 6.97. The first kappa shape index (κ1) is 17.1. The van der Waals surface area contributed by atoms with E-state index in [0.29, 0.717) is 0 Å². The molecule has 0 radical (unpaired) electrons. The van der Waals surface area contributed by atoms with Crippen LogP contribution >= 0.6 is 0 Å². The van der Waals surface area contributed by atoms with Crippen LogP contribution in [0.2, 0.25) is 0 Å². The van der Waals surface area contributed by atoms with Crippen molar-refractivity contribution in [3.8, 4) is 0 Å². The highest BCUT2D eigenvalue weighted by Gasteiger charge is 2.54. The van der Waals surface area contributed by atoms with Crippen LogP contribution in [0.25, 0.3) is 0 Å². The fourth-order valence-electron chi connectivity index (χ4n) is 3.98. The molecule has 0 bridgehead atoms. The van der Waals surface area contributed by atoms with Gasteiger partial charge in [0.2, 0.25) is 0 Å². The summed E-state index contributed by atoms with van der Waals surface area (Å²) in [6, 6.07) is 14.7. The van der Waals surface area contributed by atoms with Gasteiger partial charge in [-0.3, -0.25) is 9.80 Å². The maximum atomic E-state index is 13.3. The zero-order valence-electron chi connectivity index (χ0n) is 14.9. The Kier molecular flexibility index (Phi) is 4.03. The first-order valence-electron chi connectivity index (χ1n) is 8.88. The maximum absolute atomic E-state index is 13.3. The maximum Gasteiger partial charge on any atom is 0.329 e. The van der Waals surface area contributed by atoms with Crippen LogP contribution in [0.5, 0.6) is 0 Å². The van der Waals surface area contributed by atoms with Crippen LogP contribution < -0.4 is 9.80 Å². The number of fused-ring (bicyclic) bond motifs is 1. The lowest BCUT2D eigenvalue weighted by Crippen LogP contribution is -2.37. The van der Waals surface area contributed by atoms with Gasteiger partial charge < -0.3 is 0 Å². The van der Waals surface area contributed by atoms with Gasteiger partial charge in [0.05, 0.1) is 23.6 Å². The second-order valence-electron chi connectivity index (χ2n) is 7.09. The van der Waals surface area contributed by atoms with Crippen molar-refractivity contribution in [1.82, 2.24) is 0 Å². The molecular weight excluding hydrogens is 348 g/mol. The van der Waals surface area contributed by atoms with Crippen molar-refractivity contribution in [3.05, 3.63) is 59.7 Å². The predicted octanol–water partition coefficient (Wildman–Crippen LogP) is 3.17. The Morgan fingerprint density at radius 3 is 2.15 bits per heavy atom. The van der Waals surface area contributed by atoms with E-state index < -0.39 is 9.84 Å². The van der Waals surface area contributed by atoms with Crippen molar-refractivity contribution in [2.75, 3.05) is 21.3 Å². The highest BCUT2D eigenvalue weighted by molar-refractivity contribution is 7.91. The summed E-state index contributed by atoms with van der Waals surface area (Å²) in [4.78, 5) is 16.6. The van der Waals surface area contributed by atoms with Crippen LogP contribution in [0.3, 0.4) is 0 Å². The van der Waals surface area contributed by atoms with E-state index in [0.717, 1.165) is 23.4 Å². The summed E-state index contributed by atoms with van der Waals surface area (Å²) in [5.41, 5.74) is 3.74. The third kappa shape index (κ3) is 2.78. The molecule has 4 rings (SSSR count). The molecule has 2 aromatic rings. The number of hydrogen-bond acceptors (Lipinski definition) is 3. The largest absolute Gasteiger partial charge is 0.329 e. The minimum atomic E-state index is -3.17. The Labute approximate surface area is 154 Å². The molecule has 0 N–H and O–H groups in total. The predicted molar refractivity (Wildman–Crippen MR) is 104 cm³/mol. The van der Waals surface area contributed by atoms with Gasteiger partial charge in [0.15, 0.2) is 9.84 Å². The minimum Gasteiger partial charge on any atom is -0.288 e. The molecule has 2 fully saturated rings. The van der Waals surface area contributed by atoms with Gasteiger partial charge in [-0.15, -0.1) is 0 Å². The zero-order chi connectivity index (χ0) is 18.5. The molecule has 0 aromatic heterocycles. The number of carbonyl (C=O) groups is 1. The molecule has 26 heavy (non-hydrogen) atoms. The second-order valence-corrected chi connectivity index (χ2v) is 9.25. The van der Waals surface area contributed by atoms with Gasteiger partial charge in [0.25, 0.3) is 0 Å². The molecule has 2 amide bonds. The van der Waals surface area contributed by atoms with Crippen LogP contribution in [-0.2, 0) is 16.3 Å². The number of carbonyl (C=O) groups excluding carboxylic acids is 1. The van der Waals surface area contributed by atoms with Crippen molar-refractivity contribution < 1.29 is 13.2 Å². The SMILES string of the molecule is CCc1ccc(N2C(=O)N(c3cccc(C)c3)[C@@H]3CS(=O)(=O)C[C@H]32)cc1.